The van der Waals surface area contributed by atoms with E-state index >= 15 is 0 Å². The van der Waals surface area contributed by atoms with E-state index in [4.69, 9.17) is 10.2 Å². The van der Waals surface area contributed by atoms with Gasteiger partial charge in [0.1, 0.15) is 12.4 Å². The van der Waals surface area contributed by atoms with Gasteiger partial charge in [-0.1, -0.05) is 12.1 Å². The molecule has 0 aliphatic carbocycles. The molecule has 2 heteroatoms. The molecule has 0 saturated heterocycles. The Balaban J connectivity index is 3.14. The summed E-state index contributed by atoms with van der Waals surface area (Å²) in [5, 5.41) is 17.7. The average molecular weight is 137 g/mol. The number of phenols is 1. The third kappa shape index (κ3) is 1.11. The van der Waals surface area contributed by atoms with Crippen molar-refractivity contribution >= 4 is 0 Å². The number of aliphatic hydroxyl groups is 1. The predicted octanol–water partition coefficient (Wildman–Crippen LogP) is 1.58. The zero-order valence-electron chi connectivity index (χ0n) is 5.70. The molecule has 53 valence electrons. The topological polar surface area (TPSA) is 40.5 Å². The van der Waals surface area contributed by atoms with E-state index in [1.807, 2.05) is 0 Å². The van der Waals surface area contributed by atoms with E-state index in [0.717, 1.165) is 6.61 Å². The molecule has 0 aromatic heterocycles. The van der Waals surface area contributed by atoms with Crippen molar-refractivity contribution in [3.63, 3.8) is 0 Å². The number of phenolic OH excluding ortho intramolecular Hbond substituents is 1. The summed E-state index contributed by atoms with van der Waals surface area (Å²) >= 11 is 0. The van der Waals surface area contributed by atoms with Crippen molar-refractivity contribution in [3.8, 4) is 5.75 Å². The number of aliphatic hydroxyl groups excluding tert-OH is 1. The fourth-order valence-corrected chi connectivity index (χ4v) is 0.781. The van der Waals surface area contributed by atoms with Crippen LogP contribution < -0.4 is 0 Å². The summed E-state index contributed by atoms with van der Waals surface area (Å²) in [6.45, 7) is 2.73. The van der Waals surface area contributed by atoms with Crippen LogP contribution in [0.15, 0.2) is 18.2 Å². The van der Waals surface area contributed by atoms with Crippen molar-refractivity contribution in [3.05, 3.63) is 35.9 Å². The van der Waals surface area contributed by atoms with Gasteiger partial charge >= 0.3 is 0 Å². The quantitative estimate of drug-likeness (QED) is 0.617. The molecule has 0 fully saturated rings. The van der Waals surface area contributed by atoms with Gasteiger partial charge in [0, 0.05) is 0 Å². The largest absolute Gasteiger partial charge is 0.508 e. The lowest BCUT2D eigenvalue weighted by atomic mass is 10.1. The van der Waals surface area contributed by atoms with Crippen LogP contribution in [0.3, 0.4) is 0 Å². The normalized spacial score (nSPS) is 9.80. The van der Waals surface area contributed by atoms with Gasteiger partial charge in [-0.3, -0.25) is 0 Å². The summed E-state index contributed by atoms with van der Waals surface area (Å²) < 4.78 is 0. The fraction of sp³-hybridized carbons (Fsp3) is 0.125. The van der Waals surface area contributed by atoms with Crippen LogP contribution in [0.1, 0.15) is 11.1 Å². The molecule has 2 nitrogen and oxygen atoms in total. The van der Waals surface area contributed by atoms with E-state index in [1.165, 1.54) is 0 Å². The molecular formula is C8H9O2. The van der Waals surface area contributed by atoms with Gasteiger partial charge in [0.05, 0.1) is 0 Å². The highest BCUT2D eigenvalue weighted by Crippen LogP contribution is 2.19. The Labute approximate surface area is 59.7 Å². The predicted molar refractivity (Wildman–Crippen MR) is 38.2 cm³/mol. The van der Waals surface area contributed by atoms with Crippen LogP contribution in [0.4, 0.5) is 0 Å². The Bertz CT molecular complexity index is 231. The number of benzene rings is 1. The summed E-state index contributed by atoms with van der Waals surface area (Å²) in [7, 11) is 0. The third-order valence-electron chi connectivity index (χ3n) is 1.49. The van der Waals surface area contributed by atoms with Crippen LogP contribution in [-0.2, 0) is 0 Å². The lowest BCUT2D eigenvalue weighted by Gasteiger charge is -2.01. The van der Waals surface area contributed by atoms with Crippen molar-refractivity contribution in [2.75, 3.05) is 0 Å². The van der Waals surface area contributed by atoms with E-state index in [9.17, 15) is 0 Å². The first kappa shape index (κ1) is 7.09. The van der Waals surface area contributed by atoms with Gasteiger partial charge < -0.3 is 10.2 Å². The number of rotatable bonds is 1. The minimum Gasteiger partial charge on any atom is -0.508 e. The Morgan fingerprint density at radius 3 is 2.60 bits per heavy atom. The standard InChI is InChI=1S/C8H9O2/c1-6-7(5-9)3-2-4-8(6)10/h2-5,9-10H,1H3. The number of hydrogen-bond acceptors (Lipinski definition) is 2. The monoisotopic (exact) mass is 137 g/mol. The molecule has 1 aromatic rings. The van der Waals surface area contributed by atoms with Crippen LogP contribution in [0, 0.1) is 13.5 Å². The van der Waals surface area contributed by atoms with Gasteiger partial charge in [0.25, 0.3) is 0 Å². The zero-order valence-corrected chi connectivity index (χ0v) is 5.70. The van der Waals surface area contributed by atoms with Crippen molar-refractivity contribution in [2.45, 2.75) is 6.92 Å². The summed E-state index contributed by atoms with van der Waals surface area (Å²) in [6, 6.07) is 5.00. The van der Waals surface area contributed by atoms with Gasteiger partial charge in [-0.05, 0) is 24.1 Å². The molecule has 0 atom stereocenters. The lowest BCUT2D eigenvalue weighted by molar-refractivity contribution is 0.411. The molecule has 0 saturated carbocycles. The van der Waals surface area contributed by atoms with Gasteiger partial charge in [-0.25, -0.2) is 0 Å². The van der Waals surface area contributed by atoms with Crippen LogP contribution >= 0.6 is 0 Å². The van der Waals surface area contributed by atoms with Gasteiger partial charge in [0.2, 0.25) is 0 Å². The van der Waals surface area contributed by atoms with Gasteiger partial charge in [-0.15, -0.1) is 0 Å². The van der Waals surface area contributed by atoms with E-state index in [-0.39, 0.29) is 5.75 Å². The van der Waals surface area contributed by atoms with Crippen molar-refractivity contribution in [2.24, 2.45) is 0 Å². The molecule has 0 bridgehead atoms. The van der Waals surface area contributed by atoms with E-state index < -0.39 is 0 Å². The molecule has 2 N–H and O–H groups in total. The van der Waals surface area contributed by atoms with Crippen molar-refractivity contribution in [1.29, 1.82) is 0 Å². The highest BCUT2D eigenvalue weighted by atomic mass is 16.3. The van der Waals surface area contributed by atoms with Crippen LogP contribution in [0.25, 0.3) is 0 Å². The number of hydrogen-bond donors (Lipinski definition) is 2. The second kappa shape index (κ2) is 2.71. The molecule has 1 rings (SSSR count). The number of aromatic hydroxyl groups is 1. The molecule has 0 amide bonds. The lowest BCUT2D eigenvalue weighted by Crippen LogP contribution is -1.84. The Hall–Kier alpha value is -1.02. The molecule has 0 unspecified atom stereocenters. The summed E-state index contributed by atoms with van der Waals surface area (Å²) in [6.07, 6.45) is 0. The summed E-state index contributed by atoms with van der Waals surface area (Å²) in [5.41, 5.74) is 1.35. The summed E-state index contributed by atoms with van der Waals surface area (Å²) in [5.74, 6) is 0.211. The highest BCUT2D eigenvalue weighted by Gasteiger charge is 1.99. The van der Waals surface area contributed by atoms with Gasteiger partial charge in [-0.2, -0.15) is 0 Å². The smallest absolute Gasteiger partial charge is 0.118 e. The average Bonchev–Trinajstić information content (AvgIpc) is 1.95. The van der Waals surface area contributed by atoms with Crippen LogP contribution in [-0.4, -0.2) is 10.2 Å². The second-order valence-electron chi connectivity index (χ2n) is 2.12. The zero-order chi connectivity index (χ0) is 7.56. The maximum Gasteiger partial charge on any atom is 0.118 e. The first-order valence-corrected chi connectivity index (χ1v) is 3.01. The maximum absolute atomic E-state index is 9.10. The minimum absolute atomic E-state index is 0.211. The Morgan fingerprint density at radius 1 is 1.40 bits per heavy atom. The van der Waals surface area contributed by atoms with Gasteiger partial charge in [0.15, 0.2) is 0 Å². The molecule has 1 radical (unpaired) electrons. The molecule has 0 aliphatic heterocycles. The van der Waals surface area contributed by atoms with E-state index in [2.05, 4.69) is 0 Å². The molecular weight excluding hydrogens is 128 g/mol. The minimum atomic E-state index is 0.211. The fourth-order valence-electron chi connectivity index (χ4n) is 0.781. The Kier molecular flexibility index (Phi) is 1.92. The Morgan fingerprint density at radius 2 is 2.10 bits per heavy atom. The van der Waals surface area contributed by atoms with Crippen molar-refractivity contribution < 1.29 is 10.2 Å². The van der Waals surface area contributed by atoms with Crippen LogP contribution in [0.5, 0.6) is 5.75 Å². The van der Waals surface area contributed by atoms with E-state index in [0.29, 0.717) is 11.1 Å². The molecule has 10 heavy (non-hydrogen) atoms. The molecule has 0 aliphatic rings. The van der Waals surface area contributed by atoms with Crippen LogP contribution in [0.2, 0.25) is 0 Å². The molecule has 0 heterocycles. The molecule has 1 aromatic carbocycles. The first-order valence-electron chi connectivity index (χ1n) is 3.01. The van der Waals surface area contributed by atoms with E-state index in [1.54, 1.807) is 25.1 Å². The summed E-state index contributed by atoms with van der Waals surface area (Å²) in [4.78, 5) is 0. The first-order chi connectivity index (χ1) is 4.75. The third-order valence-corrected chi connectivity index (χ3v) is 1.49. The SMILES string of the molecule is Cc1c(O)cccc1[CH]O. The maximum atomic E-state index is 9.10. The highest BCUT2D eigenvalue weighted by molar-refractivity contribution is 5.40. The van der Waals surface area contributed by atoms with Crippen molar-refractivity contribution in [1.82, 2.24) is 0 Å². The second-order valence-corrected chi connectivity index (χ2v) is 2.12. The molecule has 0 spiro atoms.